The number of halogens is 1. The number of amides is 1. The summed E-state index contributed by atoms with van der Waals surface area (Å²) in [6.45, 7) is 9.41. The van der Waals surface area contributed by atoms with Crippen molar-refractivity contribution in [1.82, 2.24) is 14.5 Å². The Balaban J connectivity index is 2.34. The molecule has 0 fully saturated rings. The van der Waals surface area contributed by atoms with Crippen molar-refractivity contribution in [1.29, 1.82) is 0 Å². The Labute approximate surface area is 160 Å². The van der Waals surface area contributed by atoms with Gasteiger partial charge in [-0.1, -0.05) is 31.5 Å². The third-order valence-electron chi connectivity index (χ3n) is 4.72. The van der Waals surface area contributed by atoms with Gasteiger partial charge < -0.3 is 14.2 Å². The van der Waals surface area contributed by atoms with Crippen molar-refractivity contribution in [3.05, 3.63) is 46.0 Å². The maximum atomic E-state index is 13.2. The molecule has 0 aliphatic carbocycles. The topological polar surface area (TPSA) is 47.4 Å². The van der Waals surface area contributed by atoms with Crippen molar-refractivity contribution in [3.63, 3.8) is 0 Å². The second kappa shape index (κ2) is 8.58. The number of carbonyl (C=O) groups excluding carboxylic acids is 1. The lowest BCUT2D eigenvalue weighted by Crippen LogP contribution is -2.33. The predicted molar refractivity (Wildman–Crippen MR) is 105 cm³/mol. The Morgan fingerprint density at radius 2 is 2.04 bits per heavy atom. The third kappa shape index (κ3) is 4.39. The van der Waals surface area contributed by atoms with Gasteiger partial charge in [-0.3, -0.25) is 4.79 Å². The van der Waals surface area contributed by atoms with Gasteiger partial charge in [0.2, 0.25) is 0 Å². The molecule has 0 saturated carbocycles. The smallest absolute Gasteiger partial charge is 0.255 e. The first-order valence-corrected chi connectivity index (χ1v) is 9.24. The van der Waals surface area contributed by atoms with E-state index in [0.717, 1.165) is 23.6 Å². The van der Waals surface area contributed by atoms with Gasteiger partial charge in [-0.2, -0.15) is 0 Å². The van der Waals surface area contributed by atoms with E-state index in [0.29, 0.717) is 35.3 Å². The first-order chi connectivity index (χ1) is 12.3. The van der Waals surface area contributed by atoms with Crippen LogP contribution in [-0.2, 0) is 13.6 Å². The van der Waals surface area contributed by atoms with Crippen molar-refractivity contribution in [3.8, 4) is 5.75 Å². The summed E-state index contributed by atoms with van der Waals surface area (Å²) in [7, 11) is 3.53. The molecule has 6 heteroatoms. The number of carbonyl (C=O) groups is 1. The van der Waals surface area contributed by atoms with Crippen LogP contribution in [0.25, 0.3) is 0 Å². The molecule has 2 aromatic rings. The summed E-state index contributed by atoms with van der Waals surface area (Å²) >= 11 is 6.38. The molecular weight excluding hydrogens is 350 g/mol. The van der Waals surface area contributed by atoms with Crippen LogP contribution in [0.5, 0.6) is 5.75 Å². The summed E-state index contributed by atoms with van der Waals surface area (Å²) in [5, 5.41) is 0.349. The normalized spacial score (nSPS) is 11.1. The van der Waals surface area contributed by atoms with Crippen molar-refractivity contribution < 1.29 is 9.53 Å². The molecule has 1 aromatic heterocycles. The van der Waals surface area contributed by atoms with E-state index in [9.17, 15) is 4.79 Å². The van der Waals surface area contributed by atoms with Gasteiger partial charge in [0, 0.05) is 19.3 Å². The molecule has 2 rings (SSSR count). The number of methoxy groups -OCH3 is 1. The van der Waals surface area contributed by atoms with Crippen LogP contribution >= 0.6 is 11.6 Å². The zero-order valence-corrected chi connectivity index (χ0v) is 17.2. The van der Waals surface area contributed by atoms with Gasteiger partial charge in [0.25, 0.3) is 5.91 Å². The van der Waals surface area contributed by atoms with E-state index in [-0.39, 0.29) is 5.91 Å². The molecule has 0 atom stereocenters. The Morgan fingerprint density at radius 3 is 2.58 bits per heavy atom. The van der Waals surface area contributed by atoms with Crippen molar-refractivity contribution in [2.45, 2.75) is 40.7 Å². The Kier molecular flexibility index (Phi) is 6.70. The van der Waals surface area contributed by atoms with Gasteiger partial charge >= 0.3 is 0 Å². The monoisotopic (exact) mass is 377 g/mol. The number of aryl methyl sites for hydroxylation is 1. The molecule has 1 heterocycles. The fourth-order valence-corrected chi connectivity index (χ4v) is 3.05. The van der Waals surface area contributed by atoms with Crippen molar-refractivity contribution in [2.75, 3.05) is 13.7 Å². The Bertz CT molecular complexity index is 784. The standard InChI is InChI=1S/C20H28ClN3O2/c1-13(2)10-11-24(12-18-22-14(3)15(4)23(18)5)20(25)16-8-7-9-17(26-6)19(16)21/h7-9,13H,10-12H2,1-6H3. The minimum atomic E-state index is -0.104. The maximum Gasteiger partial charge on any atom is 0.255 e. The van der Waals surface area contributed by atoms with Crippen LogP contribution < -0.4 is 4.74 Å². The molecule has 0 N–H and O–H groups in total. The number of ether oxygens (including phenoxy) is 1. The molecule has 5 nitrogen and oxygen atoms in total. The minimum Gasteiger partial charge on any atom is -0.495 e. The highest BCUT2D eigenvalue weighted by Gasteiger charge is 2.22. The molecule has 142 valence electrons. The fourth-order valence-electron chi connectivity index (χ4n) is 2.77. The van der Waals surface area contributed by atoms with E-state index in [2.05, 4.69) is 18.8 Å². The second-order valence-electron chi connectivity index (χ2n) is 6.99. The highest BCUT2D eigenvalue weighted by atomic mass is 35.5. The van der Waals surface area contributed by atoms with E-state index in [1.54, 1.807) is 25.3 Å². The van der Waals surface area contributed by atoms with E-state index < -0.39 is 0 Å². The lowest BCUT2D eigenvalue weighted by Gasteiger charge is -2.24. The quantitative estimate of drug-likeness (QED) is 0.719. The zero-order valence-electron chi connectivity index (χ0n) is 16.5. The third-order valence-corrected chi connectivity index (χ3v) is 5.11. The van der Waals surface area contributed by atoms with Crippen LogP contribution in [0.4, 0.5) is 0 Å². The first kappa shape index (κ1) is 20.3. The lowest BCUT2D eigenvalue weighted by atomic mass is 10.1. The predicted octanol–water partition coefficient (Wildman–Crippen LogP) is 4.39. The van der Waals surface area contributed by atoms with Gasteiger partial charge in [0.05, 0.1) is 29.9 Å². The van der Waals surface area contributed by atoms with E-state index >= 15 is 0 Å². The summed E-state index contributed by atoms with van der Waals surface area (Å²) < 4.78 is 7.29. The van der Waals surface area contributed by atoms with Gasteiger partial charge in [0.1, 0.15) is 11.6 Å². The average Bonchev–Trinajstić information content (AvgIpc) is 2.85. The second-order valence-corrected chi connectivity index (χ2v) is 7.37. The van der Waals surface area contributed by atoms with Gasteiger partial charge in [-0.15, -0.1) is 0 Å². The van der Waals surface area contributed by atoms with Crippen molar-refractivity contribution in [2.24, 2.45) is 13.0 Å². The number of hydrogen-bond acceptors (Lipinski definition) is 3. The summed E-state index contributed by atoms with van der Waals surface area (Å²) in [4.78, 5) is 19.6. The number of benzene rings is 1. The molecule has 0 saturated heterocycles. The van der Waals surface area contributed by atoms with Gasteiger partial charge in [-0.05, 0) is 38.3 Å². The maximum absolute atomic E-state index is 13.2. The summed E-state index contributed by atoms with van der Waals surface area (Å²) in [6, 6.07) is 5.28. The van der Waals surface area contributed by atoms with Crippen molar-refractivity contribution >= 4 is 17.5 Å². The van der Waals surface area contributed by atoms with Crippen LogP contribution in [0.3, 0.4) is 0 Å². The molecule has 0 unspecified atom stereocenters. The number of aromatic nitrogens is 2. The average molecular weight is 378 g/mol. The molecule has 0 bridgehead atoms. The molecular formula is C20H28ClN3O2. The molecule has 1 aromatic carbocycles. The van der Waals surface area contributed by atoms with Gasteiger partial charge in [-0.25, -0.2) is 4.98 Å². The van der Waals surface area contributed by atoms with Crippen LogP contribution in [0.2, 0.25) is 5.02 Å². The SMILES string of the molecule is COc1cccc(C(=O)N(CCC(C)C)Cc2nc(C)c(C)n2C)c1Cl. The van der Waals surface area contributed by atoms with E-state index in [4.69, 9.17) is 16.3 Å². The molecule has 26 heavy (non-hydrogen) atoms. The van der Waals surface area contributed by atoms with E-state index in [1.807, 2.05) is 30.4 Å². The fraction of sp³-hybridized carbons (Fsp3) is 0.500. The molecule has 0 aliphatic rings. The number of imidazole rings is 1. The molecule has 0 spiro atoms. The Hall–Kier alpha value is -2.01. The van der Waals surface area contributed by atoms with Crippen LogP contribution in [-0.4, -0.2) is 34.0 Å². The summed E-state index contributed by atoms with van der Waals surface area (Å²) in [6.07, 6.45) is 0.912. The highest BCUT2D eigenvalue weighted by molar-refractivity contribution is 6.35. The molecule has 0 radical (unpaired) electrons. The summed E-state index contributed by atoms with van der Waals surface area (Å²) in [5.41, 5.74) is 2.55. The van der Waals surface area contributed by atoms with Gasteiger partial charge in [0.15, 0.2) is 0 Å². The number of nitrogens with zero attached hydrogens (tertiary/aromatic N) is 3. The molecule has 0 aliphatic heterocycles. The van der Waals surface area contributed by atoms with Crippen LogP contribution in [0.15, 0.2) is 18.2 Å². The highest BCUT2D eigenvalue weighted by Crippen LogP contribution is 2.29. The summed E-state index contributed by atoms with van der Waals surface area (Å²) in [5.74, 6) is 1.77. The van der Waals surface area contributed by atoms with E-state index in [1.165, 1.54) is 0 Å². The lowest BCUT2D eigenvalue weighted by molar-refractivity contribution is 0.0729. The Morgan fingerprint density at radius 1 is 1.35 bits per heavy atom. The zero-order chi connectivity index (χ0) is 19.4. The van der Waals surface area contributed by atoms with Crippen LogP contribution in [0.1, 0.15) is 47.8 Å². The number of rotatable bonds is 7. The largest absolute Gasteiger partial charge is 0.495 e. The number of hydrogen-bond donors (Lipinski definition) is 0. The van der Waals surface area contributed by atoms with Crippen LogP contribution in [0, 0.1) is 19.8 Å². The minimum absolute atomic E-state index is 0.104. The molecule has 1 amide bonds. The first-order valence-electron chi connectivity index (χ1n) is 8.86.